The Kier molecular flexibility index (Phi) is 5.55. The summed E-state index contributed by atoms with van der Waals surface area (Å²) in [5, 5.41) is 4.04. The molecule has 0 saturated heterocycles. The third-order valence-electron chi connectivity index (χ3n) is 4.00. The summed E-state index contributed by atoms with van der Waals surface area (Å²) in [5.74, 6) is 0.303. The van der Waals surface area contributed by atoms with Gasteiger partial charge in [0.05, 0.1) is 6.21 Å². The summed E-state index contributed by atoms with van der Waals surface area (Å²) in [6.45, 7) is 10.8. The predicted octanol–water partition coefficient (Wildman–Crippen LogP) is 4.87. The second-order valence-corrected chi connectivity index (χ2v) is 7.35. The van der Waals surface area contributed by atoms with Crippen molar-refractivity contribution in [3.63, 3.8) is 0 Å². The Balaban J connectivity index is 1.97. The highest BCUT2D eigenvalue weighted by molar-refractivity contribution is 5.94. The molecule has 0 aliphatic rings. The van der Waals surface area contributed by atoms with Gasteiger partial charge >= 0.3 is 0 Å². The van der Waals surface area contributed by atoms with E-state index in [0.717, 1.165) is 5.56 Å². The summed E-state index contributed by atoms with van der Waals surface area (Å²) >= 11 is 0. The molecule has 1 amide bonds. The fourth-order valence-corrected chi connectivity index (χ4v) is 2.32. The van der Waals surface area contributed by atoms with Crippen molar-refractivity contribution >= 4 is 12.1 Å². The van der Waals surface area contributed by atoms with E-state index in [2.05, 4.69) is 57.3 Å². The molecule has 0 fully saturated rings. The molecule has 126 valence electrons. The molecular formula is C21H26N2O. The lowest BCUT2D eigenvalue weighted by Gasteiger charge is -2.18. The average Bonchev–Trinajstić information content (AvgIpc) is 2.54. The van der Waals surface area contributed by atoms with E-state index >= 15 is 0 Å². The molecule has 24 heavy (non-hydrogen) atoms. The molecule has 0 spiro atoms. The number of hydrogen-bond acceptors (Lipinski definition) is 2. The Bertz CT molecular complexity index is 705. The number of nitrogens with zero attached hydrogens (tertiary/aromatic N) is 1. The predicted molar refractivity (Wildman–Crippen MR) is 101 cm³/mol. The maximum Gasteiger partial charge on any atom is 0.271 e. The van der Waals surface area contributed by atoms with E-state index in [4.69, 9.17) is 0 Å². The van der Waals surface area contributed by atoms with Crippen LogP contribution in [-0.2, 0) is 5.41 Å². The molecular weight excluding hydrogens is 296 g/mol. The molecule has 0 unspecified atom stereocenters. The number of hydrazone groups is 1. The van der Waals surface area contributed by atoms with Crippen LogP contribution in [-0.4, -0.2) is 12.1 Å². The first-order chi connectivity index (χ1) is 11.3. The molecule has 3 nitrogen and oxygen atoms in total. The fraction of sp³-hybridized carbons (Fsp3) is 0.333. The third kappa shape index (κ3) is 4.79. The van der Waals surface area contributed by atoms with Crippen molar-refractivity contribution in [2.75, 3.05) is 0 Å². The van der Waals surface area contributed by atoms with Crippen molar-refractivity contribution in [2.24, 2.45) is 5.10 Å². The van der Waals surface area contributed by atoms with Crippen LogP contribution in [0.4, 0.5) is 0 Å². The maximum absolute atomic E-state index is 12.1. The van der Waals surface area contributed by atoms with Crippen molar-refractivity contribution in [2.45, 2.75) is 46.0 Å². The van der Waals surface area contributed by atoms with Crippen LogP contribution >= 0.6 is 0 Å². The number of carbonyl (C=O) groups excluding carboxylic acids is 1. The molecule has 2 rings (SSSR count). The van der Waals surface area contributed by atoms with Gasteiger partial charge in [-0.2, -0.15) is 5.10 Å². The standard InChI is InChI=1S/C21H26N2O/c1-15(2)17-8-6-16(7-9-17)14-22-23-20(24)18-10-12-19(13-11-18)21(3,4)5/h6-15H,1-5H3,(H,23,24)/b22-14+. The van der Waals surface area contributed by atoms with Crippen LogP contribution in [0.2, 0.25) is 0 Å². The van der Waals surface area contributed by atoms with Crippen LogP contribution in [0.5, 0.6) is 0 Å². The molecule has 3 heteroatoms. The van der Waals surface area contributed by atoms with Crippen LogP contribution in [0.3, 0.4) is 0 Å². The van der Waals surface area contributed by atoms with Gasteiger partial charge in [-0.1, -0.05) is 71.0 Å². The van der Waals surface area contributed by atoms with Gasteiger partial charge in [0, 0.05) is 5.56 Å². The van der Waals surface area contributed by atoms with Gasteiger partial charge in [-0.05, 0) is 40.2 Å². The van der Waals surface area contributed by atoms with Gasteiger partial charge in [0.15, 0.2) is 0 Å². The van der Waals surface area contributed by atoms with Crippen molar-refractivity contribution < 1.29 is 4.79 Å². The Morgan fingerprint density at radius 3 is 2.08 bits per heavy atom. The number of carbonyl (C=O) groups is 1. The minimum atomic E-state index is -0.203. The lowest BCUT2D eigenvalue weighted by atomic mass is 9.87. The summed E-state index contributed by atoms with van der Waals surface area (Å²) in [7, 11) is 0. The van der Waals surface area contributed by atoms with Crippen molar-refractivity contribution in [3.05, 3.63) is 70.8 Å². The van der Waals surface area contributed by atoms with Crippen molar-refractivity contribution in [1.82, 2.24) is 5.43 Å². The molecule has 0 bridgehead atoms. The largest absolute Gasteiger partial charge is 0.271 e. The molecule has 0 heterocycles. The molecule has 0 aliphatic carbocycles. The Morgan fingerprint density at radius 2 is 1.58 bits per heavy atom. The zero-order chi connectivity index (χ0) is 17.7. The van der Waals surface area contributed by atoms with Gasteiger partial charge in [-0.3, -0.25) is 4.79 Å². The second-order valence-electron chi connectivity index (χ2n) is 7.35. The number of amides is 1. The van der Waals surface area contributed by atoms with Crippen LogP contribution in [0.25, 0.3) is 0 Å². The van der Waals surface area contributed by atoms with Crippen LogP contribution in [0, 0.1) is 0 Å². The maximum atomic E-state index is 12.1. The quantitative estimate of drug-likeness (QED) is 0.633. The molecule has 2 aromatic rings. The minimum absolute atomic E-state index is 0.0787. The third-order valence-corrected chi connectivity index (χ3v) is 4.00. The lowest BCUT2D eigenvalue weighted by Crippen LogP contribution is -2.18. The summed E-state index contributed by atoms with van der Waals surface area (Å²) in [5.41, 5.74) is 6.71. The molecule has 0 radical (unpaired) electrons. The molecule has 0 aromatic heterocycles. The monoisotopic (exact) mass is 322 g/mol. The number of benzene rings is 2. The Labute approximate surface area is 144 Å². The summed E-state index contributed by atoms with van der Waals surface area (Å²) in [6, 6.07) is 15.8. The molecule has 0 aliphatic heterocycles. The van der Waals surface area contributed by atoms with Crippen LogP contribution in [0.15, 0.2) is 53.6 Å². The number of hydrogen-bond donors (Lipinski definition) is 1. The van der Waals surface area contributed by atoms with Crippen molar-refractivity contribution in [1.29, 1.82) is 0 Å². The Hall–Kier alpha value is -2.42. The van der Waals surface area contributed by atoms with Crippen LogP contribution in [0.1, 0.15) is 67.6 Å². The highest BCUT2D eigenvalue weighted by atomic mass is 16.2. The van der Waals surface area contributed by atoms with Gasteiger partial charge in [0.25, 0.3) is 5.91 Å². The van der Waals surface area contributed by atoms with E-state index in [1.54, 1.807) is 6.21 Å². The SMILES string of the molecule is CC(C)c1ccc(/C=N/NC(=O)c2ccc(C(C)(C)C)cc2)cc1. The molecule has 2 aromatic carbocycles. The topological polar surface area (TPSA) is 41.5 Å². The van der Waals surface area contributed by atoms with E-state index in [9.17, 15) is 4.79 Å². The van der Waals surface area contributed by atoms with Gasteiger partial charge in [-0.15, -0.1) is 0 Å². The normalized spacial score (nSPS) is 11.9. The van der Waals surface area contributed by atoms with E-state index in [1.165, 1.54) is 11.1 Å². The highest BCUT2D eigenvalue weighted by Gasteiger charge is 2.14. The van der Waals surface area contributed by atoms with E-state index in [-0.39, 0.29) is 11.3 Å². The van der Waals surface area contributed by atoms with E-state index in [1.807, 2.05) is 36.4 Å². The number of rotatable bonds is 4. The lowest BCUT2D eigenvalue weighted by molar-refractivity contribution is 0.0955. The summed E-state index contributed by atoms with van der Waals surface area (Å²) < 4.78 is 0. The van der Waals surface area contributed by atoms with Gasteiger partial charge in [0.2, 0.25) is 0 Å². The van der Waals surface area contributed by atoms with Crippen LogP contribution < -0.4 is 5.43 Å². The van der Waals surface area contributed by atoms with E-state index in [0.29, 0.717) is 11.5 Å². The zero-order valence-electron chi connectivity index (χ0n) is 15.1. The second kappa shape index (κ2) is 7.43. The first kappa shape index (κ1) is 17.9. The summed E-state index contributed by atoms with van der Waals surface area (Å²) in [6.07, 6.45) is 1.66. The first-order valence-electron chi connectivity index (χ1n) is 8.31. The van der Waals surface area contributed by atoms with Crippen molar-refractivity contribution in [3.8, 4) is 0 Å². The molecule has 0 atom stereocenters. The van der Waals surface area contributed by atoms with Gasteiger partial charge in [-0.25, -0.2) is 5.43 Å². The Morgan fingerprint density at radius 1 is 1.00 bits per heavy atom. The molecule has 0 saturated carbocycles. The fourth-order valence-electron chi connectivity index (χ4n) is 2.32. The number of nitrogens with one attached hydrogen (secondary N) is 1. The summed E-state index contributed by atoms with van der Waals surface area (Å²) in [4.78, 5) is 12.1. The smallest absolute Gasteiger partial charge is 0.267 e. The van der Waals surface area contributed by atoms with Gasteiger partial charge in [0.1, 0.15) is 0 Å². The average molecular weight is 322 g/mol. The van der Waals surface area contributed by atoms with E-state index < -0.39 is 0 Å². The first-order valence-corrected chi connectivity index (χ1v) is 8.31. The zero-order valence-corrected chi connectivity index (χ0v) is 15.1. The highest BCUT2D eigenvalue weighted by Crippen LogP contribution is 2.22. The molecule has 1 N–H and O–H groups in total. The van der Waals surface area contributed by atoms with Gasteiger partial charge < -0.3 is 0 Å². The minimum Gasteiger partial charge on any atom is -0.267 e.